The van der Waals surface area contributed by atoms with Crippen LogP contribution in [0.1, 0.15) is 65.2 Å². The molecule has 0 saturated carbocycles. The van der Waals surface area contributed by atoms with Crippen LogP contribution in [0.2, 0.25) is 0 Å². The van der Waals surface area contributed by atoms with Gasteiger partial charge in [-0.2, -0.15) is 0 Å². The fourth-order valence-corrected chi connectivity index (χ4v) is 1.55. The predicted octanol–water partition coefficient (Wildman–Crippen LogP) is 2.87. The van der Waals surface area contributed by atoms with Gasteiger partial charge in [0, 0.05) is 0 Å². The third-order valence-corrected chi connectivity index (χ3v) is 2.61. The smallest absolute Gasteiger partial charge is 0.0541 e. The van der Waals surface area contributed by atoms with E-state index in [1.165, 1.54) is 0 Å². The largest absolute Gasteiger partial charge is 0.393 e. The van der Waals surface area contributed by atoms with Crippen LogP contribution < -0.4 is 0 Å². The molecule has 2 unspecified atom stereocenters. The first kappa shape index (κ1) is 13.9. The van der Waals surface area contributed by atoms with Gasteiger partial charge in [-0.25, -0.2) is 0 Å². The Morgan fingerprint density at radius 2 is 1.07 bits per heavy atom. The average Bonchev–Trinajstić information content (AvgIpc) is 2.20. The highest BCUT2D eigenvalue weighted by molar-refractivity contribution is 4.61. The van der Waals surface area contributed by atoms with E-state index in [0.717, 1.165) is 51.4 Å². The van der Waals surface area contributed by atoms with Gasteiger partial charge in [0.15, 0.2) is 0 Å². The van der Waals surface area contributed by atoms with Crippen LogP contribution in [0.15, 0.2) is 0 Å². The Balaban J connectivity index is 3.31. The maximum absolute atomic E-state index is 9.54. The lowest BCUT2D eigenvalue weighted by molar-refractivity contribution is 0.102. The minimum atomic E-state index is -0.203. The quantitative estimate of drug-likeness (QED) is 0.603. The molecule has 0 amide bonds. The van der Waals surface area contributed by atoms with Crippen molar-refractivity contribution < 1.29 is 10.2 Å². The molecule has 14 heavy (non-hydrogen) atoms. The van der Waals surface area contributed by atoms with Crippen LogP contribution in [-0.2, 0) is 0 Å². The maximum atomic E-state index is 9.54. The monoisotopic (exact) mass is 202 g/mol. The van der Waals surface area contributed by atoms with Gasteiger partial charge in [-0.3, -0.25) is 0 Å². The van der Waals surface area contributed by atoms with Gasteiger partial charge in [-0.15, -0.1) is 0 Å². The number of rotatable bonds is 9. The third-order valence-electron chi connectivity index (χ3n) is 2.61. The lowest BCUT2D eigenvalue weighted by atomic mass is 10.0. The molecule has 0 aliphatic heterocycles. The second-order valence-electron chi connectivity index (χ2n) is 4.17. The Hall–Kier alpha value is -0.0800. The molecule has 0 aliphatic rings. The minimum Gasteiger partial charge on any atom is -0.393 e. The summed E-state index contributed by atoms with van der Waals surface area (Å²) in [6.45, 7) is 4.26. The molecule has 0 aromatic heterocycles. The zero-order valence-electron chi connectivity index (χ0n) is 9.71. The zero-order chi connectivity index (χ0) is 10.8. The van der Waals surface area contributed by atoms with Crippen LogP contribution in [0.25, 0.3) is 0 Å². The Labute approximate surface area is 88.3 Å². The van der Waals surface area contributed by atoms with Crippen molar-refractivity contribution in [1.29, 1.82) is 0 Å². The molecule has 2 atom stereocenters. The summed E-state index contributed by atoms with van der Waals surface area (Å²) >= 11 is 0. The van der Waals surface area contributed by atoms with Crippen molar-refractivity contribution in [3.63, 3.8) is 0 Å². The first-order chi connectivity index (χ1) is 6.70. The van der Waals surface area contributed by atoms with E-state index in [0.29, 0.717) is 0 Å². The predicted molar refractivity (Wildman–Crippen MR) is 60.3 cm³/mol. The lowest BCUT2D eigenvalue weighted by Gasteiger charge is -2.13. The summed E-state index contributed by atoms with van der Waals surface area (Å²) in [6.07, 6.45) is 7.32. The molecule has 0 spiro atoms. The van der Waals surface area contributed by atoms with Gasteiger partial charge in [0.1, 0.15) is 0 Å². The summed E-state index contributed by atoms with van der Waals surface area (Å²) in [7, 11) is 0. The van der Waals surface area contributed by atoms with Crippen molar-refractivity contribution in [2.24, 2.45) is 0 Å². The van der Waals surface area contributed by atoms with Crippen molar-refractivity contribution in [3.8, 4) is 0 Å². The summed E-state index contributed by atoms with van der Waals surface area (Å²) in [5.74, 6) is 0. The van der Waals surface area contributed by atoms with Gasteiger partial charge < -0.3 is 10.2 Å². The van der Waals surface area contributed by atoms with E-state index in [4.69, 9.17) is 0 Å². The molecular formula is C12H26O2. The van der Waals surface area contributed by atoms with Gasteiger partial charge in [0.25, 0.3) is 0 Å². The number of hydrogen-bond acceptors (Lipinski definition) is 2. The molecule has 0 radical (unpaired) electrons. The summed E-state index contributed by atoms with van der Waals surface area (Å²) in [4.78, 5) is 0. The van der Waals surface area contributed by atoms with Crippen molar-refractivity contribution in [2.45, 2.75) is 77.4 Å². The second kappa shape index (κ2) is 9.47. The van der Waals surface area contributed by atoms with Crippen LogP contribution in [0, 0.1) is 0 Å². The number of unbranched alkanes of at least 4 members (excludes halogenated alkanes) is 2. The number of aliphatic hydroxyl groups excluding tert-OH is 2. The van der Waals surface area contributed by atoms with E-state index in [2.05, 4.69) is 13.8 Å². The van der Waals surface area contributed by atoms with Crippen molar-refractivity contribution in [2.75, 3.05) is 0 Å². The van der Waals surface area contributed by atoms with Crippen LogP contribution in [-0.4, -0.2) is 22.4 Å². The van der Waals surface area contributed by atoms with E-state index < -0.39 is 0 Å². The first-order valence-corrected chi connectivity index (χ1v) is 6.06. The van der Waals surface area contributed by atoms with Crippen molar-refractivity contribution >= 4 is 0 Å². The summed E-state index contributed by atoms with van der Waals surface area (Å²) in [5.41, 5.74) is 0. The fraction of sp³-hybridized carbons (Fsp3) is 1.00. The van der Waals surface area contributed by atoms with Crippen LogP contribution in [0.5, 0.6) is 0 Å². The van der Waals surface area contributed by atoms with E-state index in [-0.39, 0.29) is 12.2 Å². The SMILES string of the molecule is CCCCC(O)CCC(O)CCCC. The molecular weight excluding hydrogens is 176 g/mol. The van der Waals surface area contributed by atoms with Gasteiger partial charge in [-0.1, -0.05) is 39.5 Å². The molecule has 2 heteroatoms. The highest BCUT2D eigenvalue weighted by atomic mass is 16.3. The molecule has 0 aromatic carbocycles. The standard InChI is InChI=1S/C12H26O2/c1-3-5-7-11(13)9-10-12(14)8-6-4-2/h11-14H,3-10H2,1-2H3. The van der Waals surface area contributed by atoms with Crippen LogP contribution >= 0.6 is 0 Å². The van der Waals surface area contributed by atoms with E-state index in [1.807, 2.05) is 0 Å². The van der Waals surface area contributed by atoms with Gasteiger partial charge in [0.2, 0.25) is 0 Å². The highest BCUT2D eigenvalue weighted by Gasteiger charge is 2.08. The minimum absolute atomic E-state index is 0.203. The second-order valence-corrected chi connectivity index (χ2v) is 4.17. The molecule has 0 bridgehead atoms. The van der Waals surface area contributed by atoms with Gasteiger partial charge >= 0.3 is 0 Å². The van der Waals surface area contributed by atoms with Crippen LogP contribution in [0.3, 0.4) is 0 Å². The van der Waals surface area contributed by atoms with Gasteiger partial charge in [-0.05, 0) is 25.7 Å². The molecule has 2 N–H and O–H groups in total. The topological polar surface area (TPSA) is 40.5 Å². The highest BCUT2D eigenvalue weighted by Crippen LogP contribution is 2.11. The fourth-order valence-electron chi connectivity index (χ4n) is 1.55. The Bertz CT molecular complexity index is 101. The molecule has 0 fully saturated rings. The van der Waals surface area contributed by atoms with Crippen LogP contribution in [0.4, 0.5) is 0 Å². The average molecular weight is 202 g/mol. The van der Waals surface area contributed by atoms with Crippen molar-refractivity contribution in [1.82, 2.24) is 0 Å². The summed E-state index contributed by atoms with van der Waals surface area (Å²) in [6, 6.07) is 0. The van der Waals surface area contributed by atoms with E-state index in [1.54, 1.807) is 0 Å². The molecule has 0 saturated heterocycles. The Kier molecular flexibility index (Phi) is 9.42. The molecule has 0 aromatic rings. The van der Waals surface area contributed by atoms with Crippen molar-refractivity contribution in [3.05, 3.63) is 0 Å². The summed E-state index contributed by atoms with van der Waals surface area (Å²) in [5, 5.41) is 19.1. The van der Waals surface area contributed by atoms with Gasteiger partial charge in [0.05, 0.1) is 12.2 Å². The van der Waals surface area contributed by atoms with E-state index >= 15 is 0 Å². The Morgan fingerprint density at radius 1 is 0.714 bits per heavy atom. The Morgan fingerprint density at radius 3 is 1.36 bits per heavy atom. The maximum Gasteiger partial charge on any atom is 0.0541 e. The molecule has 2 nitrogen and oxygen atoms in total. The zero-order valence-corrected chi connectivity index (χ0v) is 9.71. The number of aliphatic hydroxyl groups is 2. The molecule has 0 heterocycles. The normalized spacial score (nSPS) is 15.4. The lowest BCUT2D eigenvalue weighted by Crippen LogP contribution is -2.13. The molecule has 0 aliphatic carbocycles. The summed E-state index contributed by atoms with van der Waals surface area (Å²) < 4.78 is 0. The third kappa shape index (κ3) is 8.52. The first-order valence-electron chi connectivity index (χ1n) is 6.06. The number of hydrogen-bond donors (Lipinski definition) is 2. The molecule has 86 valence electrons. The van der Waals surface area contributed by atoms with E-state index in [9.17, 15) is 10.2 Å². The molecule has 0 rings (SSSR count).